The van der Waals surface area contributed by atoms with Gasteiger partial charge in [-0.1, -0.05) is 110 Å². The Morgan fingerprint density at radius 2 is 0.655 bits per heavy atom. The minimum atomic E-state index is -4.75. The normalized spacial score (nSPS) is 13.0. The Hall–Kier alpha value is -17.0. The number of rotatable bonds is 27. The highest BCUT2D eigenvalue weighted by Crippen LogP contribution is 2.43. The van der Waals surface area contributed by atoms with Gasteiger partial charge in [0.05, 0.1) is 56.9 Å². The Kier molecular flexibility index (Phi) is 29.4. The van der Waals surface area contributed by atoms with Crippen molar-refractivity contribution in [1.82, 2.24) is 50.9 Å². The molecule has 1 saturated heterocycles. The summed E-state index contributed by atoms with van der Waals surface area (Å²) in [6.45, 7) is 8.13. The molecule has 0 amide bonds. The molecular formula is C102H74F16N10O17. The van der Waals surface area contributed by atoms with Crippen LogP contribution in [0, 0.1) is 25.1 Å². The van der Waals surface area contributed by atoms with Crippen molar-refractivity contribution < 1.29 is 149 Å². The summed E-state index contributed by atoms with van der Waals surface area (Å²) in [5.74, 6) is 0.877. The van der Waals surface area contributed by atoms with Crippen molar-refractivity contribution >= 4 is 54.8 Å². The van der Waals surface area contributed by atoms with Crippen molar-refractivity contribution in [3.8, 4) is 114 Å². The fourth-order valence-corrected chi connectivity index (χ4v) is 14.5. The molecular weight excluding hydrogens is 1940 g/mol. The van der Waals surface area contributed by atoms with Gasteiger partial charge in [-0.15, -0.1) is 76.1 Å². The van der Waals surface area contributed by atoms with Gasteiger partial charge in [0.15, 0.2) is 34.5 Å². The topological polar surface area (TPSA) is 309 Å². The third-order valence-corrected chi connectivity index (χ3v) is 22.1. The summed E-state index contributed by atoms with van der Waals surface area (Å²) in [6, 6.07) is 66.6. The Balaban J connectivity index is 0.000000124. The van der Waals surface area contributed by atoms with Gasteiger partial charge >= 0.3 is 31.8 Å². The van der Waals surface area contributed by atoms with Crippen LogP contribution in [0.4, 0.5) is 70.2 Å². The summed E-state index contributed by atoms with van der Waals surface area (Å²) in [6.07, 6.45) is -17.4. The highest BCUT2D eigenvalue weighted by molar-refractivity contribution is 5.91. The molecule has 27 nitrogen and oxygen atoms in total. The molecule has 2 fully saturated rings. The van der Waals surface area contributed by atoms with Gasteiger partial charge in [0.2, 0.25) is 5.89 Å². The molecule has 0 N–H and O–H groups in total. The van der Waals surface area contributed by atoms with Gasteiger partial charge in [-0.2, -0.15) is 0 Å². The number of hydrogen-bond acceptors (Lipinski definition) is 27. The number of aromatic nitrogens is 10. The van der Waals surface area contributed by atoms with Crippen LogP contribution < -0.4 is 47.4 Å². The summed E-state index contributed by atoms with van der Waals surface area (Å²) in [4.78, 5) is 12.6. The fourth-order valence-electron chi connectivity index (χ4n) is 14.5. The van der Waals surface area contributed by atoms with Gasteiger partial charge in [-0.05, 0) is 272 Å². The molecule has 10 heterocycles. The van der Waals surface area contributed by atoms with E-state index in [-0.39, 0.29) is 78.0 Å². The van der Waals surface area contributed by atoms with Crippen molar-refractivity contribution in [2.75, 3.05) is 19.8 Å². The van der Waals surface area contributed by atoms with Crippen molar-refractivity contribution in [1.29, 1.82) is 0 Å². The molecule has 0 atom stereocenters. The third kappa shape index (κ3) is 26.6. The zero-order chi connectivity index (χ0) is 102. The van der Waals surface area contributed by atoms with E-state index in [1.54, 1.807) is 109 Å². The summed E-state index contributed by atoms with van der Waals surface area (Å²) < 4.78 is 284. The average molecular weight is 2020 g/mol. The van der Waals surface area contributed by atoms with Gasteiger partial charge in [0, 0.05) is 24.0 Å². The molecule has 9 aromatic heterocycles. The quantitative estimate of drug-likeness (QED) is 0.0432. The standard InChI is InChI=1S/2C21H15F3N2O3.C20H12F4N2O3.C20H14F3N3O4.C20H18F3NO4/c1-13-3-2-10-25-18(13)12-27-20-17-11-15(6-9-19(17)29-26-20)14-4-7-16(8-5-14)28-21(22,23)24;1-13-3-2-4-16(25-13)12-27-20-18-11-15(7-10-19(18)29-26-20)14-5-8-17(9-6-14)28-21(22,23)24;21-16-2-1-9-25-17(16)11-27-19-15-10-13(5-8-18(15)29-26-19)12-3-6-14(7-4-12)28-20(22,23)24;21-20(22,23)29-14-6-3-11(4-7-14)13-5-8-16-15(9-13)19(26-30-16)27-10-17-24-25-18(28-17)12-1-2-12;1-2-19(10-25-11-19)12-26-18-16-9-14(5-8-17(16)28-24-18)13-3-6-15(7-4-13)27-20(21,22)23/h2*2-11H,12H2,1H3;1-10H,11H2;3-9,12H,1-2,10H2;3-9H,2,10-12H2,1H3. The monoisotopic (exact) mass is 2010 g/mol. The van der Waals surface area contributed by atoms with E-state index < -0.39 is 37.6 Å². The molecule has 2 aliphatic rings. The van der Waals surface area contributed by atoms with Crippen molar-refractivity contribution in [3.05, 3.63) is 313 Å². The van der Waals surface area contributed by atoms with E-state index in [2.05, 4.69) is 81.5 Å². The number of ether oxygens (including phenoxy) is 11. The maximum atomic E-state index is 13.7. The highest BCUT2D eigenvalue weighted by atomic mass is 19.4. The van der Waals surface area contributed by atoms with Crippen LogP contribution in [0.25, 0.3) is 110 Å². The summed E-state index contributed by atoms with van der Waals surface area (Å²) in [7, 11) is 0. The van der Waals surface area contributed by atoms with E-state index >= 15 is 0 Å². The van der Waals surface area contributed by atoms with Crippen LogP contribution in [0.3, 0.4) is 0 Å². The van der Waals surface area contributed by atoms with Crippen LogP contribution in [0.5, 0.6) is 58.1 Å². The number of pyridine rings is 3. The number of nitrogens with zero attached hydrogens (tertiary/aromatic N) is 10. The Morgan fingerprint density at radius 3 is 0.966 bits per heavy atom. The van der Waals surface area contributed by atoms with E-state index in [1.807, 2.05) is 68.4 Å². The van der Waals surface area contributed by atoms with Gasteiger partial charge < -0.3 is 79.1 Å². The molecule has 10 aromatic carbocycles. The lowest BCUT2D eigenvalue weighted by atomic mass is 9.84. The summed E-state index contributed by atoms with van der Waals surface area (Å²) >= 11 is 0. The minimum absolute atomic E-state index is 0.0111. The average Bonchev–Trinajstić information content (AvgIpc) is 1.71. The zero-order valence-corrected chi connectivity index (χ0v) is 75.5. The van der Waals surface area contributed by atoms with Crippen molar-refractivity contribution in [2.24, 2.45) is 5.41 Å². The molecule has 19 aromatic rings. The van der Waals surface area contributed by atoms with Crippen LogP contribution in [0.15, 0.2) is 294 Å². The molecule has 1 saturated carbocycles. The molecule has 0 spiro atoms. The number of alkyl halides is 15. The Bertz CT molecular complexity index is 7450. The smallest absolute Gasteiger partial charge is 0.474 e. The van der Waals surface area contributed by atoms with Gasteiger partial charge in [-0.25, -0.2) is 4.39 Å². The molecule has 21 rings (SSSR count). The van der Waals surface area contributed by atoms with E-state index in [4.69, 9.17) is 55.5 Å². The second-order valence-electron chi connectivity index (χ2n) is 32.4. The molecule has 746 valence electrons. The lowest BCUT2D eigenvalue weighted by Gasteiger charge is -2.39. The van der Waals surface area contributed by atoms with Gasteiger partial charge in [0.1, 0.15) is 66.7 Å². The predicted octanol–water partition coefficient (Wildman–Crippen LogP) is 27.3. The predicted molar refractivity (Wildman–Crippen MR) is 485 cm³/mol. The summed E-state index contributed by atoms with van der Waals surface area (Å²) in [5.41, 5.74) is 13.5. The first-order chi connectivity index (χ1) is 69.5. The molecule has 0 bridgehead atoms. The number of halogens is 16. The van der Waals surface area contributed by atoms with Crippen LogP contribution in [0.1, 0.15) is 72.2 Å². The van der Waals surface area contributed by atoms with E-state index in [0.29, 0.717) is 138 Å². The molecule has 145 heavy (non-hydrogen) atoms. The van der Waals surface area contributed by atoms with Crippen LogP contribution in [0.2, 0.25) is 0 Å². The van der Waals surface area contributed by atoms with Crippen molar-refractivity contribution in [3.63, 3.8) is 0 Å². The number of hydrogen-bond donors (Lipinski definition) is 0. The maximum Gasteiger partial charge on any atom is 0.573 e. The number of benzene rings is 10. The van der Waals surface area contributed by atoms with Crippen LogP contribution in [-0.4, -0.2) is 103 Å². The van der Waals surface area contributed by atoms with Crippen LogP contribution >= 0.6 is 0 Å². The van der Waals surface area contributed by atoms with E-state index in [1.165, 1.54) is 103 Å². The largest absolute Gasteiger partial charge is 0.573 e. The molecule has 0 unspecified atom stereocenters. The fraction of sp³-hybridized carbons (Fsp3) is 0.196. The first kappa shape index (κ1) is 99.5. The second-order valence-corrected chi connectivity index (χ2v) is 32.4. The maximum absolute atomic E-state index is 13.7. The van der Waals surface area contributed by atoms with Crippen molar-refractivity contribution in [2.45, 2.75) is 104 Å². The molecule has 43 heteroatoms. The first-order valence-electron chi connectivity index (χ1n) is 43.7. The SMILES string of the molecule is CCC1(COc2noc3ccc(-c4ccc(OC(F)(F)F)cc4)cc23)COC1.Cc1cccc(COc2noc3ccc(-c4ccc(OC(F)(F)F)cc4)cc23)n1.Cc1cccnc1COc1noc2ccc(-c3ccc(OC(F)(F)F)cc3)cc12.FC(F)(F)Oc1ccc(-c2ccc3onc(OCc4nnc(C5CC5)o4)c3c2)cc1.Fc1cccnc1COc1noc2ccc(-c3ccc(OC(F)(F)F)cc3)cc12. The number of fused-ring (bicyclic) bond motifs is 5. The van der Waals surface area contributed by atoms with E-state index in [9.17, 15) is 70.2 Å². The Morgan fingerprint density at radius 1 is 0.338 bits per heavy atom. The summed E-state index contributed by atoms with van der Waals surface area (Å²) in [5, 5.41) is 30.8. The highest BCUT2D eigenvalue weighted by Gasteiger charge is 2.40. The minimum Gasteiger partial charge on any atom is -0.474 e. The van der Waals surface area contributed by atoms with Gasteiger partial charge in [0.25, 0.3) is 35.3 Å². The zero-order valence-electron chi connectivity index (χ0n) is 75.5. The number of aryl methyl sites for hydroxylation is 2. The lowest BCUT2D eigenvalue weighted by Crippen LogP contribution is -2.46. The lowest BCUT2D eigenvalue weighted by molar-refractivity contribution is -0.275. The third-order valence-electron chi connectivity index (χ3n) is 22.1. The van der Waals surface area contributed by atoms with E-state index in [0.717, 1.165) is 69.7 Å². The molecule has 0 radical (unpaired) electrons. The molecule has 1 aliphatic heterocycles. The Labute approximate surface area is 807 Å². The first-order valence-corrected chi connectivity index (χ1v) is 43.7. The van der Waals surface area contributed by atoms with Gasteiger partial charge in [-0.3, -0.25) is 15.0 Å². The second kappa shape index (κ2) is 42.8. The molecule has 1 aliphatic carbocycles. The van der Waals surface area contributed by atoms with Crippen LogP contribution in [-0.2, 0) is 31.2 Å².